The fraction of sp³-hybridized carbons (Fsp3) is 0.148. The SMILES string of the molecule is COc1cc(NC(=O)c2cccc(/C=C3\CC(=O)N(c4ccccc4)C3=O)c2)cc(OC)c1OC. The van der Waals surface area contributed by atoms with Crippen molar-refractivity contribution in [3.05, 3.63) is 83.4 Å². The van der Waals surface area contributed by atoms with Crippen LogP contribution in [0.3, 0.4) is 0 Å². The van der Waals surface area contributed by atoms with Crippen molar-refractivity contribution in [2.75, 3.05) is 31.5 Å². The van der Waals surface area contributed by atoms with E-state index in [1.165, 1.54) is 26.2 Å². The Bertz CT molecular complexity index is 1290. The van der Waals surface area contributed by atoms with Gasteiger partial charge in [0.2, 0.25) is 11.7 Å². The molecule has 1 aliphatic heterocycles. The molecule has 1 aliphatic rings. The molecule has 4 rings (SSSR count). The maximum atomic E-state index is 12.9. The summed E-state index contributed by atoms with van der Waals surface area (Å²) in [7, 11) is 4.49. The van der Waals surface area contributed by atoms with Gasteiger partial charge in [-0.05, 0) is 35.9 Å². The van der Waals surface area contributed by atoms with Gasteiger partial charge in [0, 0.05) is 29.0 Å². The van der Waals surface area contributed by atoms with Crippen molar-refractivity contribution in [1.29, 1.82) is 0 Å². The van der Waals surface area contributed by atoms with Crippen LogP contribution in [0.4, 0.5) is 11.4 Å². The predicted octanol–water partition coefficient (Wildman–Crippen LogP) is 4.31. The molecule has 35 heavy (non-hydrogen) atoms. The third-order valence-corrected chi connectivity index (χ3v) is 5.50. The summed E-state index contributed by atoms with van der Waals surface area (Å²) in [4.78, 5) is 39.5. The number of imide groups is 1. The topological polar surface area (TPSA) is 94.2 Å². The van der Waals surface area contributed by atoms with Crippen LogP contribution in [0.2, 0.25) is 0 Å². The molecule has 0 unspecified atom stereocenters. The van der Waals surface area contributed by atoms with Crippen LogP contribution < -0.4 is 24.4 Å². The number of nitrogens with zero attached hydrogens (tertiary/aromatic N) is 1. The highest BCUT2D eigenvalue weighted by molar-refractivity contribution is 6.29. The number of hydrogen-bond donors (Lipinski definition) is 1. The van der Waals surface area contributed by atoms with Gasteiger partial charge in [0.15, 0.2) is 11.5 Å². The molecule has 8 heteroatoms. The minimum absolute atomic E-state index is 0.00438. The van der Waals surface area contributed by atoms with Crippen molar-refractivity contribution in [1.82, 2.24) is 0 Å². The molecule has 1 heterocycles. The quantitative estimate of drug-likeness (QED) is 0.407. The molecule has 3 amide bonds. The zero-order valence-corrected chi connectivity index (χ0v) is 19.5. The summed E-state index contributed by atoms with van der Waals surface area (Å²) >= 11 is 0. The van der Waals surface area contributed by atoms with Gasteiger partial charge in [-0.15, -0.1) is 0 Å². The molecule has 0 spiro atoms. The molecule has 3 aromatic rings. The zero-order chi connectivity index (χ0) is 24.9. The summed E-state index contributed by atoms with van der Waals surface area (Å²) in [5.41, 5.74) is 2.37. The number of anilines is 2. The number of rotatable bonds is 7. The number of carbonyl (C=O) groups excluding carboxylic acids is 3. The second-order valence-corrected chi connectivity index (χ2v) is 7.71. The molecule has 1 saturated heterocycles. The molecule has 0 bridgehead atoms. The summed E-state index contributed by atoms with van der Waals surface area (Å²) in [6, 6.07) is 18.9. The normalized spacial score (nSPS) is 14.3. The summed E-state index contributed by atoms with van der Waals surface area (Å²) in [6.07, 6.45) is 1.63. The number of ether oxygens (including phenoxy) is 3. The highest BCUT2D eigenvalue weighted by atomic mass is 16.5. The van der Waals surface area contributed by atoms with E-state index >= 15 is 0 Å². The molecule has 3 aromatic carbocycles. The van der Waals surface area contributed by atoms with Gasteiger partial charge in [-0.1, -0.05) is 30.3 Å². The maximum absolute atomic E-state index is 12.9. The van der Waals surface area contributed by atoms with Crippen LogP contribution in [0.1, 0.15) is 22.3 Å². The first kappa shape index (κ1) is 23.6. The highest BCUT2D eigenvalue weighted by Gasteiger charge is 2.34. The smallest absolute Gasteiger partial charge is 0.261 e. The second kappa shape index (κ2) is 10.1. The summed E-state index contributed by atoms with van der Waals surface area (Å²) in [5, 5.41) is 2.82. The molecule has 0 aromatic heterocycles. The first-order chi connectivity index (χ1) is 16.9. The molecule has 0 radical (unpaired) electrons. The van der Waals surface area contributed by atoms with E-state index < -0.39 is 0 Å². The largest absolute Gasteiger partial charge is 0.493 e. The number of hydrogen-bond acceptors (Lipinski definition) is 6. The van der Waals surface area contributed by atoms with E-state index in [-0.39, 0.29) is 24.1 Å². The number of benzene rings is 3. The van der Waals surface area contributed by atoms with Crippen LogP contribution in [0.25, 0.3) is 6.08 Å². The van der Waals surface area contributed by atoms with Crippen molar-refractivity contribution < 1.29 is 28.6 Å². The molecule has 0 saturated carbocycles. The lowest BCUT2D eigenvalue weighted by Crippen LogP contribution is -2.28. The first-order valence-electron chi connectivity index (χ1n) is 10.8. The number of nitrogens with one attached hydrogen (secondary N) is 1. The standard InChI is InChI=1S/C27H24N2O6/c1-33-22-15-20(16-23(34-2)25(22)35-3)28-26(31)18-9-7-8-17(12-18)13-19-14-24(30)29(27(19)32)21-10-5-4-6-11-21/h4-13,15-16H,14H2,1-3H3,(H,28,31)/b19-13+. The van der Waals surface area contributed by atoms with Gasteiger partial charge in [0.25, 0.3) is 11.8 Å². The van der Waals surface area contributed by atoms with Crippen LogP contribution >= 0.6 is 0 Å². The molecule has 0 atom stereocenters. The molecular weight excluding hydrogens is 448 g/mol. The Morgan fingerprint density at radius 3 is 2.20 bits per heavy atom. The number of para-hydroxylation sites is 1. The predicted molar refractivity (Wildman–Crippen MR) is 132 cm³/mol. The van der Waals surface area contributed by atoms with Crippen molar-refractivity contribution >= 4 is 35.2 Å². The number of amides is 3. The molecule has 178 valence electrons. The molecule has 0 aliphatic carbocycles. The van der Waals surface area contributed by atoms with E-state index in [0.717, 1.165) is 0 Å². The van der Waals surface area contributed by atoms with Crippen molar-refractivity contribution in [2.45, 2.75) is 6.42 Å². The van der Waals surface area contributed by atoms with Crippen LogP contribution in [-0.4, -0.2) is 39.1 Å². The van der Waals surface area contributed by atoms with Crippen LogP contribution in [0.15, 0.2) is 72.3 Å². The fourth-order valence-electron chi connectivity index (χ4n) is 3.85. The monoisotopic (exact) mass is 472 g/mol. The minimum Gasteiger partial charge on any atom is -0.493 e. The minimum atomic E-state index is -0.367. The van der Waals surface area contributed by atoms with Crippen LogP contribution in [0, 0.1) is 0 Å². The lowest BCUT2D eigenvalue weighted by molar-refractivity contribution is -0.120. The van der Waals surface area contributed by atoms with E-state index in [4.69, 9.17) is 14.2 Å². The third-order valence-electron chi connectivity index (χ3n) is 5.50. The van der Waals surface area contributed by atoms with Gasteiger partial charge < -0.3 is 19.5 Å². The van der Waals surface area contributed by atoms with Gasteiger partial charge in [-0.3, -0.25) is 14.4 Å². The summed E-state index contributed by atoms with van der Waals surface area (Å²) < 4.78 is 16.0. The Balaban J connectivity index is 1.56. The van der Waals surface area contributed by atoms with Crippen LogP contribution in [0.5, 0.6) is 17.2 Å². The van der Waals surface area contributed by atoms with E-state index in [9.17, 15) is 14.4 Å². The van der Waals surface area contributed by atoms with E-state index in [1.807, 2.05) is 6.07 Å². The Labute approximate surface area is 202 Å². The van der Waals surface area contributed by atoms with Crippen molar-refractivity contribution in [2.24, 2.45) is 0 Å². The average Bonchev–Trinajstić information content (AvgIpc) is 3.16. The van der Waals surface area contributed by atoms with Crippen molar-refractivity contribution in [3.63, 3.8) is 0 Å². The molecular formula is C27H24N2O6. The summed E-state index contributed by atoms with van der Waals surface area (Å²) in [6.45, 7) is 0. The molecule has 1 fully saturated rings. The number of methoxy groups -OCH3 is 3. The van der Waals surface area contributed by atoms with Gasteiger partial charge in [0.1, 0.15) is 0 Å². The summed E-state index contributed by atoms with van der Waals surface area (Å²) in [5.74, 6) is 0.222. The van der Waals surface area contributed by atoms with Gasteiger partial charge in [-0.2, -0.15) is 0 Å². The zero-order valence-electron chi connectivity index (χ0n) is 19.5. The van der Waals surface area contributed by atoms with Gasteiger partial charge >= 0.3 is 0 Å². The Kier molecular flexibility index (Phi) is 6.82. The number of carbonyl (C=O) groups is 3. The lowest BCUT2D eigenvalue weighted by atomic mass is 10.1. The Morgan fingerprint density at radius 2 is 1.57 bits per heavy atom. The Hall–Kier alpha value is -4.59. The molecule has 1 N–H and O–H groups in total. The fourth-order valence-corrected chi connectivity index (χ4v) is 3.85. The molecule has 8 nitrogen and oxygen atoms in total. The average molecular weight is 472 g/mol. The third kappa shape index (κ3) is 4.86. The first-order valence-corrected chi connectivity index (χ1v) is 10.8. The van der Waals surface area contributed by atoms with Gasteiger partial charge in [0.05, 0.1) is 33.4 Å². The van der Waals surface area contributed by atoms with E-state index in [0.29, 0.717) is 45.3 Å². The maximum Gasteiger partial charge on any atom is 0.261 e. The highest BCUT2D eigenvalue weighted by Crippen LogP contribution is 2.40. The van der Waals surface area contributed by atoms with Crippen LogP contribution in [-0.2, 0) is 9.59 Å². The Morgan fingerprint density at radius 1 is 0.886 bits per heavy atom. The van der Waals surface area contributed by atoms with Crippen molar-refractivity contribution in [3.8, 4) is 17.2 Å². The second-order valence-electron chi connectivity index (χ2n) is 7.71. The van der Waals surface area contributed by atoms with Gasteiger partial charge in [-0.25, -0.2) is 4.90 Å². The lowest BCUT2D eigenvalue weighted by Gasteiger charge is -2.14. The van der Waals surface area contributed by atoms with E-state index in [1.54, 1.807) is 66.7 Å². The van der Waals surface area contributed by atoms with E-state index in [2.05, 4.69) is 5.32 Å².